The highest BCUT2D eigenvalue weighted by Gasteiger charge is 2.26. The molecule has 0 aliphatic carbocycles. The number of hydrogen-bond donors (Lipinski definition) is 3. The van der Waals surface area contributed by atoms with Crippen molar-refractivity contribution < 1.29 is 24.2 Å². The highest BCUT2D eigenvalue weighted by Crippen LogP contribution is 2.10. The predicted molar refractivity (Wildman–Crippen MR) is 77.5 cm³/mol. The van der Waals surface area contributed by atoms with Crippen LogP contribution in [0.4, 0.5) is 0 Å². The van der Waals surface area contributed by atoms with Gasteiger partial charge in [-0.3, -0.25) is 9.59 Å². The van der Waals surface area contributed by atoms with Gasteiger partial charge in [0.25, 0.3) is 0 Å². The van der Waals surface area contributed by atoms with Gasteiger partial charge in [0.2, 0.25) is 5.91 Å². The van der Waals surface area contributed by atoms with E-state index in [-0.39, 0.29) is 12.3 Å². The maximum atomic E-state index is 11.7. The van der Waals surface area contributed by atoms with E-state index in [4.69, 9.17) is 15.6 Å². The van der Waals surface area contributed by atoms with Crippen molar-refractivity contribution in [2.24, 2.45) is 11.7 Å². The zero-order valence-electron chi connectivity index (χ0n) is 13.1. The minimum atomic E-state index is -1.28. The van der Waals surface area contributed by atoms with E-state index in [2.05, 4.69) is 5.32 Å². The standard InChI is InChI=1S/C14H26N2O5/c1-9(8-15)5-6-11(17)16-10(13(19)20)7-12(18)21-14(2,3)4/h9-10H,5-8,15H2,1-4H3,(H,16,17)(H,19,20)/t9?,10-/m0/s1. The van der Waals surface area contributed by atoms with Crippen LogP contribution in [0.1, 0.15) is 47.0 Å². The summed E-state index contributed by atoms with van der Waals surface area (Å²) >= 11 is 0. The van der Waals surface area contributed by atoms with Crippen molar-refractivity contribution in [3.8, 4) is 0 Å². The molecule has 0 radical (unpaired) electrons. The highest BCUT2D eigenvalue weighted by atomic mass is 16.6. The molecule has 0 rings (SSSR count). The molecule has 0 aromatic heterocycles. The summed E-state index contributed by atoms with van der Waals surface area (Å²) in [6.07, 6.45) is 0.350. The Morgan fingerprint density at radius 2 is 1.86 bits per heavy atom. The molecular weight excluding hydrogens is 276 g/mol. The summed E-state index contributed by atoms with van der Waals surface area (Å²) in [6.45, 7) is 7.44. The van der Waals surface area contributed by atoms with Crippen LogP contribution in [0.5, 0.6) is 0 Å². The number of amides is 1. The van der Waals surface area contributed by atoms with Gasteiger partial charge in [-0.1, -0.05) is 6.92 Å². The van der Waals surface area contributed by atoms with Gasteiger partial charge in [0.1, 0.15) is 11.6 Å². The average Bonchev–Trinajstić information content (AvgIpc) is 2.32. The van der Waals surface area contributed by atoms with Crippen molar-refractivity contribution in [1.82, 2.24) is 5.32 Å². The molecule has 7 heteroatoms. The summed E-state index contributed by atoms with van der Waals surface area (Å²) in [5.74, 6) is -2.15. The Bertz CT molecular complexity index is 376. The number of carbonyl (C=O) groups excluding carboxylic acids is 2. The van der Waals surface area contributed by atoms with Gasteiger partial charge in [-0.15, -0.1) is 0 Å². The van der Waals surface area contributed by atoms with Crippen LogP contribution in [0.3, 0.4) is 0 Å². The Morgan fingerprint density at radius 1 is 1.29 bits per heavy atom. The second-order valence-corrected chi connectivity index (χ2v) is 6.13. The fourth-order valence-electron chi connectivity index (χ4n) is 1.51. The molecule has 4 N–H and O–H groups in total. The van der Waals surface area contributed by atoms with Crippen molar-refractivity contribution in [3.05, 3.63) is 0 Å². The topological polar surface area (TPSA) is 119 Å². The number of carboxylic acid groups (broad SMARTS) is 1. The minimum absolute atomic E-state index is 0.177. The second-order valence-electron chi connectivity index (χ2n) is 6.13. The normalized spacial score (nSPS) is 14.1. The van der Waals surface area contributed by atoms with Gasteiger partial charge in [-0.05, 0) is 39.7 Å². The number of ether oxygens (including phenoxy) is 1. The third-order valence-corrected chi connectivity index (χ3v) is 2.69. The first-order valence-electron chi connectivity index (χ1n) is 6.99. The van der Waals surface area contributed by atoms with E-state index in [0.717, 1.165) is 0 Å². The first kappa shape index (κ1) is 19.4. The van der Waals surface area contributed by atoms with Gasteiger partial charge in [0.15, 0.2) is 0 Å². The number of nitrogens with two attached hydrogens (primary N) is 1. The van der Waals surface area contributed by atoms with Crippen molar-refractivity contribution >= 4 is 17.8 Å². The van der Waals surface area contributed by atoms with Gasteiger partial charge >= 0.3 is 11.9 Å². The Labute approximate surface area is 125 Å². The Morgan fingerprint density at radius 3 is 2.29 bits per heavy atom. The average molecular weight is 302 g/mol. The largest absolute Gasteiger partial charge is 0.480 e. The Balaban J connectivity index is 4.40. The predicted octanol–water partition coefficient (Wildman–Crippen LogP) is 0.663. The van der Waals surface area contributed by atoms with Crippen molar-refractivity contribution in [2.45, 2.75) is 58.6 Å². The summed E-state index contributed by atoms with van der Waals surface area (Å²) < 4.78 is 5.05. The molecule has 0 saturated heterocycles. The zero-order chi connectivity index (χ0) is 16.6. The molecule has 0 fully saturated rings. The first-order valence-corrected chi connectivity index (χ1v) is 6.99. The van der Waals surface area contributed by atoms with Crippen LogP contribution >= 0.6 is 0 Å². The van der Waals surface area contributed by atoms with Crippen LogP contribution in [0.25, 0.3) is 0 Å². The van der Waals surface area contributed by atoms with Crippen molar-refractivity contribution in [3.63, 3.8) is 0 Å². The Kier molecular flexibility index (Phi) is 7.94. The molecule has 0 bridgehead atoms. The van der Waals surface area contributed by atoms with Crippen LogP contribution in [0.2, 0.25) is 0 Å². The summed E-state index contributed by atoms with van der Waals surface area (Å²) in [5, 5.41) is 11.4. The van der Waals surface area contributed by atoms with Crippen molar-refractivity contribution in [1.29, 1.82) is 0 Å². The molecule has 21 heavy (non-hydrogen) atoms. The molecule has 0 saturated carbocycles. The molecule has 0 aliphatic rings. The molecule has 0 spiro atoms. The fourth-order valence-corrected chi connectivity index (χ4v) is 1.51. The van der Waals surface area contributed by atoms with Gasteiger partial charge in [-0.2, -0.15) is 0 Å². The van der Waals surface area contributed by atoms with E-state index in [9.17, 15) is 14.4 Å². The van der Waals surface area contributed by atoms with E-state index in [1.54, 1.807) is 20.8 Å². The molecule has 2 atom stereocenters. The lowest BCUT2D eigenvalue weighted by Crippen LogP contribution is -2.43. The molecule has 1 unspecified atom stereocenters. The van der Waals surface area contributed by atoms with Gasteiger partial charge in [0, 0.05) is 6.42 Å². The third kappa shape index (κ3) is 9.84. The van der Waals surface area contributed by atoms with Gasteiger partial charge in [-0.25, -0.2) is 4.79 Å². The van der Waals surface area contributed by atoms with E-state index >= 15 is 0 Å². The molecular formula is C14H26N2O5. The minimum Gasteiger partial charge on any atom is -0.480 e. The maximum Gasteiger partial charge on any atom is 0.326 e. The first-order chi connectivity index (χ1) is 9.55. The number of aliphatic carboxylic acids is 1. The second kappa shape index (κ2) is 8.61. The monoisotopic (exact) mass is 302 g/mol. The van der Waals surface area contributed by atoms with E-state index in [1.807, 2.05) is 6.92 Å². The van der Waals surface area contributed by atoms with Gasteiger partial charge < -0.3 is 20.9 Å². The summed E-state index contributed by atoms with van der Waals surface area (Å²) in [5.41, 5.74) is 4.75. The van der Waals surface area contributed by atoms with Crippen LogP contribution in [0.15, 0.2) is 0 Å². The SMILES string of the molecule is CC(CN)CCC(=O)N[C@@H](CC(=O)OC(C)(C)C)C(=O)O. The molecule has 7 nitrogen and oxygen atoms in total. The van der Waals surface area contributed by atoms with Gasteiger partial charge in [0.05, 0.1) is 6.42 Å². The lowest BCUT2D eigenvalue weighted by molar-refractivity contribution is -0.158. The summed E-state index contributed by atoms with van der Waals surface area (Å²) in [7, 11) is 0. The molecule has 0 aromatic carbocycles. The van der Waals surface area contributed by atoms with E-state index in [0.29, 0.717) is 13.0 Å². The number of rotatable bonds is 8. The quantitative estimate of drug-likeness (QED) is 0.567. The van der Waals surface area contributed by atoms with Crippen LogP contribution < -0.4 is 11.1 Å². The maximum absolute atomic E-state index is 11.7. The number of esters is 1. The number of carbonyl (C=O) groups is 3. The molecule has 0 heterocycles. The highest BCUT2D eigenvalue weighted by molar-refractivity contribution is 5.87. The van der Waals surface area contributed by atoms with E-state index < -0.39 is 35.9 Å². The summed E-state index contributed by atoms with van der Waals surface area (Å²) in [4.78, 5) is 34.4. The lowest BCUT2D eigenvalue weighted by atomic mass is 10.1. The summed E-state index contributed by atoms with van der Waals surface area (Å²) in [6, 6.07) is -1.28. The number of carboxylic acids is 1. The smallest absolute Gasteiger partial charge is 0.326 e. The zero-order valence-corrected chi connectivity index (χ0v) is 13.1. The lowest BCUT2D eigenvalue weighted by Gasteiger charge is -2.21. The third-order valence-electron chi connectivity index (χ3n) is 2.69. The molecule has 0 aromatic rings. The van der Waals surface area contributed by atoms with Crippen LogP contribution in [-0.4, -0.2) is 41.1 Å². The van der Waals surface area contributed by atoms with E-state index in [1.165, 1.54) is 0 Å². The number of nitrogens with one attached hydrogen (secondary N) is 1. The molecule has 122 valence electrons. The molecule has 1 amide bonds. The fraction of sp³-hybridized carbons (Fsp3) is 0.786. The van der Waals surface area contributed by atoms with Crippen LogP contribution in [-0.2, 0) is 19.1 Å². The number of hydrogen-bond acceptors (Lipinski definition) is 5. The Hall–Kier alpha value is -1.63. The molecule has 0 aliphatic heterocycles. The van der Waals surface area contributed by atoms with Crippen LogP contribution in [0, 0.1) is 5.92 Å². The van der Waals surface area contributed by atoms with Crippen molar-refractivity contribution in [2.75, 3.05) is 6.54 Å².